The molecule has 1 heterocycles. The summed E-state index contributed by atoms with van der Waals surface area (Å²) in [6.45, 7) is 3.43. The Kier molecular flexibility index (Phi) is 3.41. The Labute approximate surface area is 95.0 Å². The molecular formula is C12H16N2O2. The van der Waals surface area contributed by atoms with Crippen molar-refractivity contribution in [2.75, 3.05) is 18.4 Å². The Morgan fingerprint density at radius 2 is 2.19 bits per heavy atom. The molecule has 1 atom stereocenters. The van der Waals surface area contributed by atoms with E-state index in [0.717, 1.165) is 30.9 Å². The van der Waals surface area contributed by atoms with E-state index < -0.39 is 0 Å². The molecule has 0 aromatic heterocycles. The molecule has 2 N–H and O–H groups in total. The van der Waals surface area contributed by atoms with Gasteiger partial charge in [-0.25, -0.2) is 0 Å². The van der Waals surface area contributed by atoms with Crippen molar-refractivity contribution in [2.24, 2.45) is 0 Å². The molecule has 1 fully saturated rings. The maximum absolute atomic E-state index is 10.8. The second-order valence-corrected chi connectivity index (χ2v) is 3.94. The van der Waals surface area contributed by atoms with E-state index in [0.29, 0.717) is 0 Å². The Hall–Kier alpha value is -1.55. The normalized spacial score (nSPS) is 19.4. The molecule has 0 unspecified atom stereocenters. The van der Waals surface area contributed by atoms with Gasteiger partial charge < -0.3 is 15.4 Å². The number of rotatable bonds is 3. The fraction of sp³-hybridized carbons (Fsp3) is 0.417. The number of anilines is 1. The molecule has 1 aromatic carbocycles. The highest BCUT2D eigenvalue weighted by Crippen LogP contribution is 2.18. The van der Waals surface area contributed by atoms with E-state index >= 15 is 0 Å². The lowest BCUT2D eigenvalue weighted by molar-refractivity contribution is -0.114. The van der Waals surface area contributed by atoms with Crippen LogP contribution in [0.4, 0.5) is 5.69 Å². The second kappa shape index (κ2) is 4.99. The number of hydrogen-bond acceptors (Lipinski definition) is 3. The minimum absolute atomic E-state index is 0.0614. The molecule has 1 aromatic rings. The Morgan fingerprint density at radius 3 is 2.75 bits per heavy atom. The molecule has 4 nitrogen and oxygen atoms in total. The molecule has 0 radical (unpaired) electrons. The predicted molar refractivity (Wildman–Crippen MR) is 62.6 cm³/mol. The van der Waals surface area contributed by atoms with Gasteiger partial charge in [-0.15, -0.1) is 0 Å². The van der Waals surface area contributed by atoms with Crippen LogP contribution in [0.2, 0.25) is 0 Å². The highest BCUT2D eigenvalue weighted by molar-refractivity contribution is 5.88. The van der Waals surface area contributed by atoms with Gasteiger partial charge in [0.2, 0.25) is 5.91 Å². The Balaban J connectivity index is 1.93. The summed E-state index contributed by atoms with van der Waals surface area (Å²) in [6.07, 6.45) is 1.32. The second-order valence-electron chi connectivity index (χ2n) is 3.94. The van der Waals surface area contributed by atoms with E-state index in [1.54, 1.807) is 0 Å². The first-order valence-corrected chi connectivity index (χ1v) is 5.49. The van der Waals surface area contributed by atoms with Crippen molar-refractivity contribution in [1.82, 2.24) is 5.32 Å². The summed E-state index contributed by atoms with van der Waals surface area (Å²) in [4.78, 5) is 10.8. The Morgan fingerprint density at radius 1 is 1.44 bits per heavy atom. The number of nitrogens with one attached hydrogen (secondary N) is 2. The number of amides is 1. The molecule has 2 rings (SSSR count). The highest BCUT2D eigenvalue weighted by atomic mass is 16.5. The van der Waals surface area contributed by atoms with Gasteiger partial charge in [0.05, 0.1) is 0 Å². The van der Waals surface area contributed by atoms with Gasteiger partial charge in [-0.2, -0.15) is 0 Å². The van der Waals surface area contributed by atoms with Gasteiger partial charge in [-0.1, -0.05) is 0 Å². The third kappa shape index (κ3) is 2.97. The van der Waals surface area contributed by atoms with E-state index in [4.69, 9.17) is 4.74 Å². The standard InChI is InChI=1S/C12H16N2O2/c1-9(15)14-10-2-4-11(5-3-10)16-12-6-7-13-8-12/h2-5,12-13H,6-8H2,1H3,(H,14,15)/t12-/m1/s1. The topological polar surface area (TPSA) is 50.4 Å². The first kappa shape index (κ1) is 11.0. The minimum atomic E-state index is -0.0614. The summed E-state index contributed by atoms with van der Waals surface area (Å²) >= 11 is 0. The predicted octanol–water partition coefficient (Wildman–Crippen LogP) is 1.39. The van der Waals surface area contributed by atoms with Gasteiger partial charge in [-0.3, -0.25) is 4.79 Å². The van der Waals surface area contributed by atoms with Crippen molar-refractivity contribution < 1.29 is 9.53 Å². The highest BCUT2D eigenvalue weighted by Gasteiger charge is 2.15. The molecule has 0 bridgehead atoms. The van der Waals surface area contributed by atoms with Crippen LogP contribution < -0.4 is 15.4 Å². The number of ether oxygens (including phenoxy) is 1. The fourth-order valence-electron chi connectivity index (χ4n) is 1.74. The van der Waals surface area contributed by atoms with Gasteiger partial charge >= 0.3 is 0 Å². The van der Waals surface area contributed by atoms with Gasteiger partial charge in [-0.05, 0) is 37.2 Å². The maximum Gasteiger partial charge on any atom is 0.221 e. The third-order valence-electron chi connectivity index (χ3n) is 2.49. The first-order valence-electron chi connectivity index (χ1n) is 5.49. The van der Waals surface area contributed by atoms with Crippen molar-refractivity contribution in [3.63, 3.8) is 0 Å². The van der Waals surface area contributed by atoms with Gasteiger partial charge in [0.1, 0.15) is 11.9 Å². The molecule has 1 aliphatic rings. The largest absolute Gasteiger partial charge is 0.489 e. The SMILES string of the molecule is CC(=O)Nc1ccc(O[C@@H]2CCNC2)cc1. The molecule has 1 saturated heterocycles. The van der Waals surface area contributed by atoms with Crippen LogP contribution in [0.25, 0.3) is 0 Å². The zero-order valence-corrected chi connectivity index (χ0v) is 9.32. The van der Waals surface area contributed by atoms with Crippen LogP contribution in [0.5, 0.6) is 5.75 Å². The van der Waals surface area contributed by atoms with E-state index in [2.05, 4.69) is 10.6 Å². The zero-order valence-electron chi connectivity index (χ0n) is 9.32. The number of hydrogen-bond donors (Lipinski definition) is 2. The van der Waals surface area contributed by atoms with Crippen LogP contribution >= 0.6 is 0 Å². The van der Waals surface area contributed by atoms with E-state index in [1.165, 1.54) is 6.92 Å². The molecule has 16 heavy (non-hydrogen) atoms. The van der Waals surface area contributed by atoms with Crippen molar-refractivity contribution in [2.45, 2.75) is 19.4 Å². The maximum atomic E-state index is 10.8. The van der Waals surface area contributed by atoms with E-state index in [1.807, 2.05) is 24.3 Å². The smallest absolute Gasteiger partial charge is 0.221 e. The summed E-state index contributed by atoms with van der Waals surface area (Å²) in [5.74, 6) is 0.788. The van der Waals surface area contributed by atoms with E-state index in [9.17, 15) is 4.79 Å². The van der Waals surface area contributed by atoms with Gasteiger partial charge in [0.15, 0.2) is 0 Å². The minimum Gasteiger partial charge on any atom is -0.489 e. The number of carbonyl (C=O) groups is 1. The van der Waals surface area contributed by atoms with Crippen LogP contribution in [0.1, 0.15) is 13.3 Å². The molecule has 0 saturated carbocycles. The van der Waals surface area contributed by atoms with Crippen LogP contribution in [0.15, 0.2) is 24.3 Å². The number of benzene rings is 1. The molecule has 4 heteroatoms. The lowest BCUT2D eigenvalue weighted by Crippen LogP contribution is -2.19. The molecule has 0 spiro atoms. The van der Waals surface area contributed by atoms with Crippen molar-refractivity contribution in [3.05, 3.63) is 24.3 Å². The zero-order chi connectivity index (χ0) is 11.4. The molecule has 86 valence electrons. The van der Waals surface area contributed by atoms with Gasteiger partial charge in [0, 0.05) is 19.2 Å². The summed E-state index contributed by atoms with van der Waals surface area (Å²) < 4.78 is 5.76. The first-order chi connectivity index (χ1) is 7.74. The molecule has 1 aliphatic heterocycles. The van der Waals surface area contributed by atoms with Crippen molar-refractivity contribution in [3.8, 4) is 5.75 Å². The van der Waals surface area contributed by atoms with Crippen LogP contribution in [-0.4, -0.2) is 25.1 Å². The van der Waals surface area contributed by atoms with Crippen LogP contribution in [0.3, 0.4) is 0 Å². The van der Waals surface area contributed by atoms with E-state index in [-0.39, 0.29) is 12.0 Å². The summed E-state index contributed by atoms with van der Waals surface area (Å²) in [5.41, 5.74) is 0.796. The monoisotopic (exact) mass is 220 g/mol. The average molecular weight is 220 g/mol. The van der Waals surface area contributed by atoms with Crippen LogP contribution in [0, 0.1) is 0 Å². The summed E-state index contributed by atoms with van der Waals surface area (Å²) in [7, 11) is 0. The average Bonchev–Trinajstić information content (AvgIpc) is 2.73. The van der Waals surface area contributed by atoms with Crippen molar-refractivity contribution >= 4 is 11.6 Å². The number of carbonyl (C=O) groups excluding carboxylic acids is 1. The van der Waals surface area contributed by atoms with Crippen LogP contribution in [-0.2, 0) is 4.79 Å². The third-order valence-corrected chi connectivity index (χ3v) is 2.49. The summed E-state index contributed by atoms with van der Waals surface area (Å²) in [5, 5.41) is 5.97. The summed E-state index contributed by atoms with van der Waals surface area (Å²) in [6, 6.07) is 7.45. The fourth-order valence-corrected chi connectivity index (χ4v) is 1.74. The lowest BCUT2D eigenvalue weighted by atomic mass is 10.3. The lowest BCUT2D eigenvalue weighted by Gasteiger charge is -2.12. The molecular weight excluding hydrogens is 204 g/mol. The molecule has 0 aliphatic carbocycles. The Bertz CT molecular complexity index is 356. The van der Waals surface area contributed by atoms with Crippen molar-refractivity contribution in [1.29, 1.82) is 0 Å². The molecule has 1 amide bonds. The van der Waals surface area contributed by atoms with Gasteiger partial charge in [0.25, 0.3) is 0 Å². The quantitative estimate of drug-likeness (QED) is 0.809.